The van der Waals surface area contributed by atoms with Gasteiger partial charge in [0.05, 0.1) is 11.3 Å². The van der Waals surface area contributed by atoms with Crippen LogP contribution in [0.25, 0.3) is 11.6 Å². The molecule has 0 N–H and O–H groups in total. The lowest BCUT2D eigenvalue weighted by molar-refractivity contribution is -0.137. The van der Waals surface area contributed by atoms with Gasteiger partial charge in [-0.25, -0.2) is 4.98 Å². The number of halogens is 3. The van der Waals surface area contributed by atoms with E-state index >= 15 is 0 Å². The average molecular weight is 464 g/mol. The zero-order valence-corrected chi connectivity index (χ0v) is 18.7. The quantitative estimate of drug-likeness (QED) is 0.491. The Morgan fingerprint density at radius 3 is 2.69 bits per heavy atom. The van der Waals surface area contributed by atoms with Crippen LogP contribution in [0.15, 0.2) is 40.2 Å². The number of nitrogens with zero attached hydrogens (tertiary/aromatic N) is 5. The SMILES string of the molecule is Cc1ncoc1-c1nnc(SCCN2CCC3(C[C@H]3c3ccc(C(F)(F)F)cc3)C2)n1C. The van der Waals surface area contributed by atoms with Crippen molar-refractivity contribution >= 4 is 11.8 Å². The molecule has 1 unspecified atom stereocenters. The molecule has 1 spiro atoms. The number of alkyl halides is 3. The number of aromatic nitrogens is 4. The molecule has 3 heterocycles. The first-order valence-electron chi connectivity index (χ1n) is 10.6. The molecule has 170 valence electrons. The summed E-state index contributed by atoms with van der Waals surface area (Å²) in [6, 6.07) is 5.73. The molecule has 0 amide bonds. The van der Waals surface area contributed by atoms with Crippen LogP contribution in [-0.4, -0.2) is 50.0 Å². The van der Waals surface area contributed by atoms with Gasteiger partial charge in [-0.15, -0.1) is 10.2 Å². The van der Waals surface area contributed by atoms with Crippen LogP contribution in [0.4, 0.5) is 13.2 Å². The molecule has 1 aliphatic heterocycles. The third-order valence-electron chi connectivity index (χ3n) is 6.72. The van der Waals surface area contributed by atoms with Crippen molar-refractivity contribution in [2.24, 2.45) is 12.5 Å². The van der Waals surface area contributed by atoms with E-state index in [4.69, 9.17) is 4.42 Å². The highest BCUT2D eigenvalue weighted by Gasteiger charge is 2.57. The third-order valence-corrected chi connectivity index (χ3v) is 7.72. The smallest absolute Gasteiger partial charge is 0.416 e. The minimum atomic E-state index is -4.28. The van der Waals surface area contributed by atoms with Crippen molar-refractivity contribution in [3.8, 4) is 11.6 Å². The average Bonchev–Trinajstić information content (AvgIpc) is 3.02. The molecule has 2 atom stereocenters. The van der Waals surface area contributed by atoms with Crippen LogP contribution in [0.3, 0.4) is 0 Å². The first-order valence-corrected chi connectivity index (χ1v) is 11.6. The largest absolute Gasteiger partial charge is 0.440 e. The van der Waals surface area contributed by atoms with Crippen molar-refractivity contribution in [3.63, 3.8) is 0 Å². The maximum absolute atomic E-state index is 12.8. The number of thioether (sulfide) groups is 1. The van der Waals surface area contributed by atoms with Gasteiger partial charge in [-0.1, -0.05) is 23.9 Å². The number of benzene rings is 1. The monoisotopic (exact) mass is 463 g/mol. The maximum Gasteiger partial charge on any atom is 0.416 e. The molecule has 0 radical (unpaired) electrons. The third kappa shape index (κ3) is 3.94. The summed E-state index contributed by atoms with van der Waals surface area (Å²) in [7, 11) is 1.92. The van der Waals surface area contributed by atoms with E-state index in [0.717, 1.165) is 54.6 Å². The second kappa shape index (κ2) is 7.91. The molecule has 1 aliphatic carbocycles. The number of aryl methyl sites for hydroxylation is 1. The summed E-state index contributed by atoms with van der Waals surface area (Å²) in [5.74, 6) is 2.56. The van der Waals surface area contributed by atoms with Gasteiger partial charge in [0, 0.05) is 25.9 Å². The topological polar surface area (TPSA) is 60.0 Å². The van der Waals surface area contributed by atoms with E-state index in [1.807, 2.05) is 18.5 Å². The van der Waals surface area contributed by atoms with Gasteiger partial charge in [-0.2, -0.15) is 13.2 Å². The fourth-order valence-corrected chi connectivity index (χ4v) is 5.68. The van der Waals surface area contributed by atoms with Gasteiger partial charge in [-0.3, -0.25) is 0 Å². The Balaban J connectivity index is 1.14. The normalized spacial score (nSPS) is 23.3. The first-order chi connectivity index (χ1) is 15.3. The zero-order chi connectivity index (χ0) is 22.5. The molecule has 2 aromatic heterocycles. The highest BCUT2D eigenvalue weighted by atomic mass is 32.2. The molecule has 6 nitrogen and oxygen atoms in total. The van der Waals surface area contributed by atoms with Crippen LogP contribution in [0.5, 0.6) is 0 Å². The van der Waals surface area contributed by atoms with E-state index in [-0.39, 0.29) is 5.41 Å². The molecule has 5 rings (SSSR count). The Bertz CT molecular complexity index is 1110. The van der Waals surface area contributed by atoms with Crippen LogP contribution in [0, 0.1) is 12.3 Å². The Morgan fingerprint density at radius 2 is 2.00 bits per heavy atom. The Kier molecular flexibility index (Phi) is 5.32. The molecule has 2 aliphatic rings. The van der Waals surface area contributed by atoms with Crippen molar-refractivity contribution in [1.82, 2.24) is 24.6 Å². The van der Waals surface area contributed by atoms with Gasteiger partial charge < -0.3 is 13.9 Å². The Morgan fingerprint density at radius 1 is 1.22 bits per heavy atom. The summed E-state index contributed by atoms with van der Waals surface area (Å²) in [6.45, 7) is 4.84. The molecule has 10 heteroatoms. The van der Waals surface area contributed by atoms with Crippen molar-refractivity contribution in [2.75, 3.05) is 25.4 Å². The zero-order valence-electron chi connectivity index (χ0n) is 17.9. The van der Waals surface area contributed by atoms with Crippen LogP contribution >= 0.6 is 11.8 Å². The number of likely N-dealkylation sites (tertiary alicyclic amines) is 1. The van der Waals surface area contributed by atoms with Gasteiger partial charge in [0.2, 0.25) is 5.82 Å². The van der Waals surface area contributed by atoms with Gasteiger partial charge in [0.15, 0.2) is 17.3 Å². The van der Waals surface area contributed by atoms with Crippen LogP contribution in [-0.2, 0) is 13.2 Å². The maximum atomic E-state index is 12.8. The lowest BCUT2D eigenvalue weighted by atomic mass is 9.97. The van der Waals surface area contributed by atoms with Crippen molar-refractivity contribution in [2.45, 2.75) is 37.0 Å². The van der Waals surface area contributed by atoms with E-state index in [1.165, 1.54) is 18.5 Å². The Labute approximate surface area is 188 Å². The highest BCUT2D eigenvalue weighted by Crippen LogP contribution is 2.64. The second-order valence-electron chi connectivity index (χ2n) is 8.75. The van der Waals surface area contributed by atoms with E-state index in [1.54, 1.807) is 23.9 Å². The van der Waals surface area contributed by atoms with E-state index in [0.29, 0.717) is 17.5 Å². The molecule has 1 aromatic carbocycles. The predicted molar refractivity (Wildman–Crippen MR) is 114 cm³/mol. The van der Waals surface area contributed by atoms with E-state index < -0.39 is 11.7 Å². The summed E-state index contributed by atoms with van der Waals surface area (Å²) in [4.78, 5) is 6.56. The fourth-order valence-electron chi connectivity index (χ4n) is 4.77. The van der Waals surface area contributed by atoms with Gasteiger partial charge >= 0.3 is 6.18 Å². The predicted octanol–water partition coefficient (Wildman–Crippen LogP) is 4.77. The lowest BCUT2D eigenvalue weighted by Crippen LogP contribution is -2.24. The van der Waals surface area contributed by atoms with Crippen molar-refractivity contribution < 1.29 is 17.6 Å². The molecular weight excluding hydrogens is 439 g/mol. The second-order valence-corrected chi connectivity index (χ2v) is 9.81. The lowest BCUT2D eigenvalue weighted by Gasteiger charge is -2.16. The number of hydrogen-bond donors (Lipinski definition) is 0. The van der Waals surface area contributed by atoms with E-state index in [2.05, 4.69) is 20.1 Å². The molecule has 1 saturated carbocycles. The summed E-state index contributed by atoms with van der Waals surface area (Å²) in [6.07, 6.45) is -0.711. The molecule has 0 bridgehead atoms. The van der Waals surface area contributed by atoms with Crippen LogP contribution in [0.2, 0.25) is 0 Å². The molecule has 3 aromatic rings. The van der Waals surface area contributed by atoms with Crippen LogP contribution < -0.4 is 0 Å². The number of rotatable bonds is 6. The summed E-state index contributed by atoms with van der Waals surface area (Å²) >= 11 is 1.66. The summed E-state index contributed by atoms with van der Waals surface area (Å²) < 4.78 is 45.8. The summed E-state index contributed by atoms with van der Waals surface area (Å²) in [5.41, 5.74) is 1.47. The first kappa shape index (κ1) is 21.5. The minimum absolute atomic E-state index is 0.228. The highest BCUT2D eigenvalue weighted by molar-refractivity contribution is 7.99. The Hall–Kier alpha value is -2.33. The molecule has 32 heavy (non-hydrogen) atoms. The minimum Gasteiger partial charge on any atom is -0.440 e. The number of hydrogen-bond acceptors (Lipinski definition) is 6. The molecular formula is C22H24F3N5OS. The van der Waals surface area contributed by atoms with E-state index in [9.17, 15) is 13.2 Å². The van der Waals surface area contributed by atoms with Crippen molar-refractivity contribution in [3.05, 3.63) is 47.5 Å². The van der Waals surface area contributed by atoms with Gasteiger partial charge in [0.1, 0.15) is 0 Å². The van der Waals surface area contributed by atoms with Crippen LogP contribution in [0.1, 0.15) is 35.6 Å². The standard InChI is InChI=1S/C22H24F3N5OS/c1-14-18(31-13-26-14)19-27-28-20(29(19)2)32-10-9-30-8-7-21(12-30)11-17(21)15-3-5-16(6-4-15)22(23,24)25/h3-6,13,17H,7-12H2,1-2H3/t17-,21?/m0/s1. The fraction of sp³-hybridized carbons (Fsp3) is 0.500. The van der Waals surface area contributed by atoms with Gasteiger partial charge in [0.25, 0.3) is 0 Å². The molecule has 1 saturated heterocycles. The molecule has 2 fully saturated rings. The van der Waals surface area contributed by atoms with Gasteiger partial charge in [-0.05, 0) is 55.3 Å². The van der Waals surface area contributed by atoms with Crippen molar-refractivity contribution in [1.29, 1.82) is 0 Å². The summed E-state index contributed by atoms with van der Waals surface area (Å²) in [5, 5.41) is 9.36. The number of oxazole rings is 1.